The fourth-order valence-corrected chi connectivity index (χ4v) is 3.08. The first kappa shape index (κ1) is 18.6. The van der Waals surface area contributed by atoms with Crippen LogP contribution in [0.5, 0.6) is 0 Å². The molecule has 112 valence electrons. The van der Waals surface area contributed by atoms with Gasteiger partial charge in [0.25, 0.3) is 0 Å². The first-order chi connectivity index (χ1) is 8.76. The quantitative estimate of drug-likeness (QED) is 0.471. The van der Waals surface area contributed by atoms with E-state index in [1.54, 1.807) is 6.92 Å². The van der Waals surface area contributed by atoms with Gasteiger partial charge in [0, 0.05) is 20.6 Å². The summed E-state index contributed by atoms with van der Waals surface area (Å²) < 4.78 is 21.8. The van der Waals surface area contributed by atoms with E-state index in [1.165, 1.54) is 19.8 Å². The summed E-state index contributed by atoms with van der Waals surface area (Å²) in [4.78, 5) is 12.1. The number of carbonyl (C=O) groups excluding carboxylic acids is 1. The number of Topliss-reactive ketones (excluding diaryl/α,β-unsaturated/α-hetero) is 1. The van der Waals surface area contributed by atoms with Gasteiger partial charge in [-0.3, -0.25) is 9.36 Å². The molecular formula is C14H27O4P. The molecular weight excluding hydrogens is 263 g/mol. The second-order valence-corrected chi connectivity index (χ2v) is 7.80. The zero-order valence-corrected chi connectivity index (χ0v) is 13.8. The predicted octanol–water partition coefficient (Wildman–Crippen LogP) is 4.20. The van der Waals surface area contributed by atoms with Gasteiger partial charge in [-0.2, -0.15) is 0 Å². The smallest absolute Gasteiger partial charge is 0.311 e. The van der Waals surface area contributed by atoms with Crippen LogP contribution < -0.4 is 0 Å². The van der Waals surface area contributed by atoms with Gasteiger partial charge in [-0.25, -0.2) is 0 Å². The van der Waals surface area contributed by atoms with Crippen LogP contribution in [0.2, 0.25) is 0 Å². The van der Waals surface area contributed by atoms with Crippen molar-refractivity contribution in [2.24, 2.45) is 5.92 Å². The van der Waals surface area contributed by atoms with Crippen molar-refractivity contribution in [3.63, 3.8) is 0 Å². The SMILES string of the molecule is COP(=O)(OC)C(C)C(=O)C[C@H](C)CCC=C(C)C. The number of hydrogen-bond acceptors (Lipinski definition) is 4. The maximum atomic E-state index is 12.1. The summed E-state index contributed by atoms with van der Waals surface area (Å²) in [6.07, 6.45) is 4.50. The van der Waals surface area contributed by atoms with E-state index < -0.39 is 13.3 Å². The summed E-state index contributed by atoms with van der Waals surface area (Å²) in [6.45, 7) is 7.77. The lowest BCUT2D eigenvalue weighted by Gasteiger charge is -2.21. The van der Waals surface area contributed by atoms with Crippen LogP contribution in [0, 0.1) is 5.92 Å². The summed E-state index contributed by atoms with van der Waals surface area (Å²) in [5.74, 6) is 0.212. The molecule has 2 atom stereocenters. The van der Waals surface area contributed by atoms with Crippen molar-refractivity contribution in [3.05, 3.63) is 11.6 Å². The van der Waals surface area contributed by atoms with Gasteiger partial charge in [0.05, 0.1) is 0 Å². The summed E-state index contributed by atoms with van der Waals surface area (Å²) in [7, 11) is -0.664. The predicted molar refractivity (Wildman–Crippen MR) is 78.5 cm³/mol. The monoisotopic (exact) mass is 290 g/mol. The van der Waals surface area contributed by atoms with Crippen LogP contribution >= 0.6 is 7.60 Å². The van der Waals surface area contributed by atoms with Gasteiger partial charge in [-0.15, -0.1) is 0 Å². The second kappa shape index (κ2) is 8.68. The zero-order chi connectivity index (χ0) is 15.1. The Bertz CT molecular complexity index is 350. The van der Waals surface area contributed by atoms with Gasteiger partial charge in [-0.05, 0) is 39.5 Å². The van der Waals surface area contributed by atoms with E-state index in [4.69, 9.17) is 9.05 Å². The Morgan fingerprint density at radius 2 is 1.74 bits per heavy atom. The minimum absolute atomic E-state index is 0.0586. The third kappa shape index (κ3) is 6.51. The van der Waals surface area contributed by atoms with Crippen LogP contribution in [-0.4, -0.2) is 25.7 Å². The molecule has 1 unspecified atom stereocenters. The molecule has 0 saturated carbocycles. The zero-order valence-electron chi connectivity index (χ0n) is 12.9. The van der Waals surface area contributed by atoms with E-state index >= 15 is 0 Å². The first-order valence-corrected chi connectivity index (χ1v) is 8.25. The highest BCUT2D eigenvalue weighted by Crippen LogP contribution is 2.52. The fraction of sp³-hybridized carbons (Fsp3) is 0.786. The molecule has 0 aliphatic heterocycles. The highest BCUT2D eigenvalue weighted by Gasteiger charge is 2.35. The van der Waals surface area contributed by atoms with E-state index in [9.17, 15) is 9.36 Å². The third-order valence-corrected chi connectivity index (χ3v) is 5.47. The summed E-state index contributed by atoms with van der Waals surface area (Å²) in [6, 6.07) is 0. The summed E-state index contributed by atoms with van der Waals surface area (Å²) >= 11 is 0. The standard InChI is InChI=1S/C14H27O4P/c1-11(2)8-7-9-12(3)10-14(15)13(4)19(16,17-5)18-6/h8,12-13H,7,9-10H2,1-6H3/t12-,13?/m1/s1. The van der Waals surface area contributed by atoms with Crippen LogP contribution in [0.15, 0.2) is 11.6 Å². The molecule has 0 heterocycles. The minimum atomic E-state index is -3.29. The van der Waals surface area contributed by atoms with Gasteiger partial charge >= 0.3 is 7.60 Å². The van der Waals surface area contributed by atoms with Gasteiger partial charge in [0.1, 0.15) is 11.4 Å². The lowest BCUT2D eigenvalue weighted by Crippen LogP contribution is -2.21. The lowest BCUT2D eigenvalue weighted by atomic mass is 9.97. The van der Waals surface area contributed by atoms with E-state index in [-0.39, 0.29) is 11.7 Å². The minimum Gasteiger partial charge on any atom is -0.311 e. The van der Waals surface area contributed by atoms with Crippen molar-refractivity contribution in [2.75, 3.05) is 14.2 Å². The Hall–Kier alpha value is -0.440. The Balaban J connectivity index is 4.37. The van der Waals surface area contributed by atoms with Gasteiger partial charge in [-0.1, -0.05) is 18.6 Å². The van der Waals surface area contributed by atoms with Crippen LogP contribution in [-0.2, 0) is 18.4 Å². The van der Waals surface area contributed by atoms with Crippen molar-refractivity contribution in [3.8, 4) is 0 Å². The van der Waals surface area contributed by atoms with E-state index in [1.807, 2.05) is 6.92 Å². The normalized spacial score (nSPS) is 14.8. The molecule has 0 aromatic carbocycles. The molecule has 0 N–H and O–H groups in total. The van der Waals surface area contributed by atoms with Crippen LogP contribution in [0.1, 0.15) is 47.0 Å². The van der Waals surface area contributed by atoms with Crippen molar-refractivity contribution < 1.29 is 18.4 Å². The largest absolute Gasteiger partial charge is 0.340 e. The number of ketones is 1. The Labute approximate surface area is 117 Å². The number of allylic oxidation sites excluding steroid dienone is 2. The molecule has 19 heavy (non-hydrogen) atoms. The van der Waals surface area contributed by atoms with Crippen molar-refractivity contribution in [1.29, 1.82) is 0 Å². The molecule has 0 aromatic rings. The Morgan fingerprint density at radius 3 is 2.16 bits per heavy atom. The van der Waals surface area contributed by atoms with Crippen LogP contribution in [0.3, 0.4) is 0 Å². The molecule has 0 aliphatic rings. The highest BCUT2D eigenvalue weighted by molar-refractivity contribution is 7.55. The second-order valence-electron chi connectivity index (χ2n) is 5.22. The number of carbonyl (C=O) groups is 1. The fourth-order valence-electron chi connectivity index (χ4n) is 1.84. The first-order valence-electron chi connectivity index (χ1n) is 6.64. The molecule has 4 nitrogen and oxygen atoms in total. The molecule has 0 aromatic heterocycles. The third-order valence-electron chi connectivity index (χ3n) is 3.21. The van der Waals surface area contributed by atoms with Crippen LogP contribution in [0.25, 0.3) is 0 Å². The van der Waals surface area contributed by atoms with Crippen LogP contribution in [0.4, 0.5) is 0 Å². The summed E-state index contributed by atoms with van der Waals surface area (Å²) in [5.41, 5.74) is 0.587. The van der Waals surface area contributed by atoms with E-state index in [2.05, 4.69) is 19.9 Å². The van der Waals surface area contributed by atoms with E-state index in [0.29, 0.717) is 6.42 Å². The number of rotatable bonds is 9. The molecule has 0 rings (SSSR count). The lowest BCUT2D eigenvalue weighted by molar-refractivity contribution is -0.119. The molecule has 0 fully saturated rings. The number of hydrogen-bond donors (Lipinski definition) is 0. The summed E-state index contributed by atoms with van der Waals surface area (Å²) in [5, 5.41) is 0. The molecule has 0 radical (unpaired) electrons. The Morgan fingerprint density at radius 1 is 1.21 bits per heavy atom. The molecule has 0 saturated heterocycles. The highest BCUT2D eigenvalue weighted by atomic mass is 31.2. The average Bonchev–Trinajstić information content (AvgIpc) is 2.36. The molecule has 5 heteroatoms. The topological polar surface area (TPSA) is 52.6 Å². The van der Waals surface area contributed by atoms with Gasteiger partial charge in [0.15, 0.2) is 0 Å². The van der Waals surface area contributed by atoms with Crippen molar-refractivity contribution >= 4 is 13.4 Å². The van der Waals surface area contributed by atoms with Gasteiger partial charge < -0.3 is 9.05 Å². The Kier molecular flexibility index (Phi) is 8.47. The average molecular weight is 290 g/mol. The molecule has 0 amide bonds. The molecule has 0 spiro atoms. The van der Waals surface area contributed by atoms with E-state index in [0.717, 1.165) is 12.8 Å². The van der Waals surface area contributed by atoms with Gasteiger partial charge in [0.2, 0.25) is 0 Å². The molecule has 0 bridgehead atoms. The van der Waals surface area contributed by atoms with Crippen molar-refractivity contribution in [1.82, 2.24) is 0 Å². The maximum absolute atomic E-state index is 12.1. The van der Waals surface area contributed by atoms with Crippen molar-refractivity contribution in [2.45, 2.75) is 52.6 Å². The molecule has 0 aliphatic carbocycles. The maximum Gasteiger partial charge on any atom is 0.340 e.